The normalized spacial score (nSPS) is 11.2. The fraction of sp³-hybridized carbons (Fsp3) is 0.714. The number of aliphatic hydroxyl groups is 1. The van der Waals surface area contributed by atoms with Gasteiger partial charge in [0.05, 0.1) is 13.7 Å². The van der Waals surface area contributed by atoms with E-state index in [1.807, 2.05) is 6.92 Å². The van der Waals surface area contributed by atoms with Crippen molar-refractivity contribution in [3.8, 4) is 5.75 Å². The van der Waals surface area contributed by atoms with E-state index in [0.717, 1.165) is 19.4 Å². The second kappa shape index (κ2) is 7.89. The van der Waals surface area contributed by atoms with Crippen LogP contribution in [-0.2, 0) is 0 Å². The van der Waals surface area contributed by atoms with Gasteiger partial charge in [-0.05, 0) is 19.8 Å². The first kappa shape index (κ1) is 16.5. The standard InChI is InChI=1S/C14H26N4O2/c1-5-14(6-2,9-19)8-16-13-11(20-4)12(15-7-3)17-10-18-13/h10,19H,5-9H2,1-4H3,(H2,15,16,17,18). The summed E-state index contributed by atoms with van der Waals surface area (Å²) in [4.78, 5) is 8.40. The van der Waals surface area contributed by atoms with Crippen LogP contribution in [0.5, 0.6) is 5.75 Å². The molecule has 0 aliphatic rings. The maximum Gasteiger partial charge on any atom is 0.204 e. The van der Waals surface area contributed by atoms with E-state index < -0.39 is 0 Å². The van der Waals surface area contributed by atoms with Crippen molar-refractivity contribution in [2.75, 3.05) is 37.4 Å². The van der Waals surface area contributed by atoms with Crippen LogP contribution in [-0.4, -0.2) is 41.9 Å². The molecule has 1 rings (SSSR count). The monoisotopic (exact) mass is 282 g/mol. The lowest BCUT2D eigenvalue weighted by Gasteiger charge is -2.30. The van der Waals surface area contributed by atoms with Crippen LogP contribution in [0.15, 0.2) is 6.33 Å². The lowest BCUT2D eigenvalue weighted by molar-refractivity contribution is 0.127. The molecular formula is C14H26N4O2. The average molecular weight is 282 g/mol. The van der Waals surface area contributed by atoms with Crippen molar-refractivity contribution in [3.05, 3.63) is 6.33 Å². The first-order chi connectivity index (χ1) is 9.66. The number of nitrogens with zero attached hydrogens (tertiary/aromatic N) is 2. The molecule has 1 aromatic heterocycles. The molecule has 0 radical (unpaired) electrons. The molecule has 0 unspecified atom stereocenters. The molecule has 6 nitrogen and oxygen atoms in total. The minimum absolute atomic E-state index is 0.131. The Hall–Kier alpha value is -1.56. The highest BCUT2D eigenvalue weighted by Crippen LogP contribution is 2.31. The maximum atomic E-state index is 9.60. The summed E-state index contributed by atoms with van der Waals surface area (Å²) >= 11 is 0. The molecule has 0 spiro atoms. The van der Waals surface area contributed by atoms with Gasteiger partial charge in [-0.2, -0.15) is 0 Å². The summed E-state index contributed by atoms with van der Waals surface area (Å²) in [6.45, 7) is 7.73. The Morgan fingerprint density at radius 3 is 2.20 bits per heavy atom. The summed E-state index contributed by atoms with van der Waals surface area (Å²) in [5, 5.41) is 16.0. The van der Waals surface area contributed by atoms with E-state index >= 15 is 0 Å². The molecule has 6 heteroatoms. The summed E-state index contributed by atoms with van der Waals surface area (Å²) in [7, 11) is 1.60. The molecule has 0 amide bonds. The molecular weight excluding hydrogens is 256 g/mol. The quantitative estimate of drug-likeness (QED) is 0.644. The largest absolute Gasteiger partial charge is 0.490 e. The lowest BCUT2D eigenvalue weighted by Crippen LogP contribution is -2.32. The van der Waals surface area contributed by atoms with Crippen LogP contribution < -0.4 is 15.4 Å². The van der Waals surface area contributed by atoms with Crippen LogP contribution in [0, 0.1) is 5.41 Å². The number of hydrogen-bond acceptors (Lipinski definition) is 6. The van der Waals surface area contributed by atoms with Gasteiger partial charge in [-0.25, -0.2) is 9.97 Å². The first-order valence-electron chi connectivity index (χ1n) is 7.13. The van der Waals surface area contributed by atoms with Gasteiger partial charge < -0.3 is 20.5 Å². The van der Waals surface area contributed by atoms with Crippen molar-refractivity contribution in [2.45, 2.75) is 33.6 Å². The number of hydrogen-bond donors (Lipinski definition) is 3. The molecule has 0 aromatic carbocycles. The molecule has 0 bridgehead atoms. The number of anilines is 2. The van der Waals surface area contributed by atoms with Crippen LogP contribution in [0.2, 0.25) is 0 Å². The highest BCUT2D eigenvalue weighted by Gasteiger charge is 2.26. The van der Waals surface area contributed by atoms with E-state index in [0.29, 0.717) is 23.9 Å². The van der Waals surface area contributed by atoms with Crippen molar-refractivity contribution in [1.82, 2.24) is 9.97 Å². The van der Waals surface area contributed by atoms with Crippen molar-refractivity contribution in [3.63, 3.8) is 0 Å². The van der Waals surface area contributed by atoms with E-state index in [9.17, 15) is 5.11 Å². The van der Waals surface area contributed by atoms with Gasteiger partial charge in [0.15, 0.2) is 11.6 Å². The Labute approximate surface area is 121 Å². The molecule has 0 saturated carbocycles. The predicted molar refractivity (Wildman–Crippen MR) is 81.3 cm³/mol. The van der Waals surface area contributed by atoms with E-state index in [2.05, 4.69) is 34.4 Å². The van der Waals surface area contributed by atoms with Gasteiger partial charge in [0.1, 0.15) is 6.33 Å². The maximum absolute atomic E-state index is 9.60. The number of methoxy groups -OCH3 is 1. The zero-order valence-corrected chi connectivity index (χ0v) is 12.9. The number of aromatic nitrogens is 2. The second-order valence-electron chi connectivity index (χ2n) is 4.85. The van der Waals surface area contributed by atoms with Gasteiger partial charge in [-0.15, -0.1) is 0 Å². The average Bonchev–Trinajstić information content (AvgIpc) is 2.50. The Kier molecular flexibility index (Phi) is 6.51. The van der Waals surface area contributed by atoms with Crippen LogP contribution in [0.4, 0.5) is 11.6 Å². The summed E-state index contributed by atoms with van der Waals surface area (Å²) < 4.78 is 5.38. The summed E-state index contributed by atoms with van der Waals surface area (Å²) in [5.74, 6) is 1.93. The topological polar surface area (TPSA) is 79.3 Å². The van der Waals surface area contributed by atoms with Crippen molar-refractivity contribution >= 4 is 11.6 Å². The molecule has 3 N–H and O–H groups in total. The van der Waals surface area contributed by atoms with Crippen LogP contribution in [0.3, 0.4) is 0 Å². The van der Waals surface area contributed by atoms with Gasteiger partial charge in [-0.1, -0.05) is 13.8 Å². The predicted octanol–water partition coefficient (Wildman–Crippen LogP) is 2.13. The molecule has 20 heavy (non-hydrogen) atoms. The molecule has 0 saturated heterocycles. The van der Waals surface area contributed by atoms with Crippen LogP contribution in [0.1, 0.15) is 33.6 Å². The Morgan fingerprint density at radius 2 is 1.75 bits per heavy atom. The summed E-state index contributed by atoms with van der Waals surface area (Å²) in [6.07, 6.45) is 3.31. The van der Waals surface area contributed by atoms with E-state index in [1.165, 1.54) is 6.33 Å². The zero-order valence-electron chi connectivity index (χ0n) is 12.9. The van der Waals surface area contributed by atoms with Crippen molar-refractivity contribution in [2.24, 2.45) is 5.41 Å². The fourth-order valence-electron chi connectivity index (χ4n) is 2.04. The van der Waals surface area contributed by atoms with Gasteiger partial charge in [0.25, 0.3) is 0 Å². The Bertz CT molecular complexity index is 400. The minimum atomic E-state index is -0.131. The molecule has 0 atom stereocenters. The van der Waals surface area contributed by atoms with Crippen molar-refractivity contribution < 1.29 is 9.84 Å². The van der Waals surface area contributed by atoms with Crippen molar-refractivity contribution in [1.29, 1.82) is 0 Å². The molecule has 0 aliphatic carbocycles. The van der Waals surface area contributed by atoms with Gasteiger partial charge in [-0.3, -0.25) is 0 Å². The summed E-state index contributed by atoms with van der Waals surface area (Å²) in [6, 6.07) is 0. The third-order valence-electron chi connectivity index (χ3n) is 3.82. The number of nitrogens with one attached hydrogen (secondary N) is 2. The Balaban J connectivity index is 2.89. The van der Waals surface area contributed by atoms with Crippen LogP contribution >= 0.6 is 0 Å². The number of ether oxygens (including phenoxy) is 1. The minimum Gasteiger partial charge on any atom is -0.490 e. The van der Waals surface area contributed by atoms with Crippen LogP contribution in [0.25, 0.3) is 0 Å². The van der Waals surface area contributed by atoms with E-state index in [4.69, 9.17) is 4.74 Å². The van der Waals surface area contributed by atoms with Gasteiger partial charge in [0.2, 0.25) is 5.75 Å². The Morgan fingerprint density at radius 1 is 1.15 bits per heavy atom. The molecule has 1 aromatic rings. The third kappa shape index (κ3) is 3.72. The number of aliphatic hydroxyl groups excluding tert-OH is 1. The van der Waals surface area contributed by atoms with E-state index in [-0.39, 0.29) is 12.0 Å². The second-order valence-corrected chi connectivity index (χ2v) is 4.85. The summed E-state index contributed by atoms with van der Waals surface area (Å²) in [5.41, 5.74) is -0.131. The van der Waals surface area contributed by atoms with Gasteiger partial charge in [0, 0.05) is 18.5 Å². The molecule has 1 heterocycles. The molecule has 114 valence electrons. The number of rotatable bonds is 9. The zero-order chi connectivity index (χ0) is 15.0. The highest BCUT2D eigenvalue weighted by atomic mass is 16.5. The highest BCUT2D eigenvalue weighted by molar-refractivity contribution is 5.63. The van der Waals surface area contributed by atoms with Gasteiger partial charge >= 0.3 is 0 Å². The SMILES string of the molecule is CCNc1ncnc(NCC(CC)(CC)CO)c1OC. The van der Waals surface area contributed by atoms with E-state index in [1.54, 1.807) is 7.11 Å². The molecule has 0 fully saturated rings. The lowest BCUT2D eigenvalue weighted by atomic mass is 9.83. The fourth-order valence-corrected chi connectivity index (χ4v) is 2.04. The molecule has 0 aliphatic heterocycles. The first-order valence-corrected chi connectivity index (χ1v) is 7.13. The smallest absolute Gasteiger partial charge is 0.204 e. The third-order valence-corrected chi connectivity index (χ3v) is 3.82.